The number of hydrogen-bond donors (Lipinski definition) is 2. The van der Waals surface area contributed by atoms with Crippen LogP contribution in [0, 0.1) is 0 Å². The molecule has 8 heteroatoms. The smallest absolute Gasteiger partial charge is 0.181 e. The highest BCUT2D eigenvalue weighted by Gasteiger charge is 2.19. The first-order chi connectivity index (χ1) is 9.08. The van der Waals surface area contributed by atoms with E-state index in [-0.39, 0.29) is 26.4 Å². The molecule has 0 saturated heterocycles. The van der Waals surface area contributed by atoms with Crippen LogP contribution in [0.15, 0.2) is 18.6 Å². The molecule has 0 aliphatic heterocycles. The minimum Gasteiger partial charge on any atom is -0.506 e. The van der Waals surface area contributed by atoms with Gasteiger partial charge in [-0.05, 0) is 6.07 Å². The van der Waals surface area contributed by atoms with Crippen molar-refractivity contribution >= 4 is 46.0 Å². The second-order valence-electron chi connectivity index (χ2n) is 3.72. The minimum absolute atomic E-state index is 0.0935. The Morgan fingerprint density at radius 2 is 1.95 bits per heavy atom. The third-order valence-electron chi connectivity index (χ3n) is 2.54. The van der Waals surface area contributed by atoms with Crippen molar-refractivity contribution in [1.29, 1.82) is 0 Å². The van der Waals surface area contributed by atoms with Gasteiger partial charge in [0, 0.05) is 0 Å². The fraction of sp³-hybridized carbons (Fsp3) is 0. The van der Waals surface area contributed by atoms with E-state index in [1.807, 2.05) is 0 Å². The zero-order valence-electron chi connectivity index (χ0n) is 9.15. The molecule has 0 spiro atoms. The number of nitrogens with one attached hydrogen (secondary N) is 1. The highest BCUT2D eigenvalue weighted by Crippen LogP contribution is 2.43. The maximum Gasteiger partial charge on any atom is 0.181 e. The largest absolute Gasteiger partial charge is 0.506 e. The molecule has 5 nitrogen and oxygen atoms in total. The molecule has 2 aromatic heterocycles. The van der Waals surface area contributed by atoms with E-state index in [1.54, 1.807) is 6.20 Å². The van der Waals surface area contributed by atoms with Gasteiger partial charge in [-0.3, -0.25) is 0 Å². The molecule has 0 radical (unpaired) electrons. The molecule has 96 valence electrons. The van der Waals surface area contributed by atoms with E-state index >= 15 is 0 Å². The van der Waals surface area contributed by atoms with Gasteiger partial charge in [0.05, 0.1) is 26.8 Å². The standard InChI is InChI=1S/C11H5Cl3N4O/c12-4-1-5(13)9(19)7(8(4)14)11-17-6-2-15-3-16-10(6)18-11/h1-3,19H,(H,15,16,17,18). The molecule has 3 aromatic rings. The number of phenolic OH excluding ortho intramolecular Hbond substituents is 1. The predicted molar refractivity (Wildman–Crippen MR) is 73.8 cm³/mol. The molecule has 0 aliphatic carbocycles. The second-order valence-corrected chi connectivity index (χ2v) is 4.92. The summed E-state index contributed by atoms with van der Waals surface area (Å²) in [5, 5.41) is 10.5. The van der Waals surface area contributed by atoms with Crippen molar-refractivity contribution in [2.24, 2.45) is 0 Å². The maximum atomic E-state index is 10.0. The highest BCUT2D eigenvalue weighted by molar-refractivity contribution is 6.45. The highest BCUT2D eigenvalue weighted by atomic mass is 35.5. The summed E-state index contributed by atoms with van der Waals surface area (Å²) >= 11 is 17.9. The zero-order chi connectivity index (χ0) is 13.6. The Morgan fingerprint density at radius 3 is 2.68 bits per heavy atom. The lowest BCUT2D eigenvalue weighted by Crippen LogP contribution is -1.86. The van der Waals surface area contributed by atoms with Crippen LogP contribution in [-0.2, 0) is 0 Å². The van der Waals surface area contributed by atoms with Crippen molar-refractivity contribution in [2.75, 3.05) is 0 Å². The summed E-state index contributed by atoms with van der Waals surface area (Å²) in [6, 6.07) is 1.37. The molecule has 0 bridgehead atoms. The number of fused-ring (bicyclic) bond motifs is 1. The number of rotatable bonds is 1. The Balaban J connectivity index is 2.32. The van der Waals surface area contributed by atoms with Crippen LogP contribution in [-0.4, -0.2) is 25.0 Å². The van der Waals surface area contributed by atoms with Gasteiger partial charge in [-0.1, -0.05) is 34.8 Å². The summed E-state index contributed by atoms with van der Waals surface area (Å²) in [6.45, 7) is 0. The van der Waals surface area contributed by atoms with Gasteiger partial charge in [0.25, 0.3) is 0 Å². The molecule has 3 rings (SSSR count). The van der Waals surface area contributed by atoms with Crippen molar-refractivity contribution in [3.63, 3.8) is 0 Å². The number of aromatic amines is 1. The average molecular weight is 316 g/mol. The number of hydrogen-bond acceptors (Lipinski definition) is 4. The lowest BCUT2D eigenvalue weighted by atomic mass is 10.2. The molecule has 0 atom stereocenters. The number of aromatic nitrogens is 4. The number of phenols is 1. The predicted octanol–water partition coefficient (Wildman–Crippen LogP) is 3.69. The number of aromatic hydroxyl groups is 1. The van der Waals surface area contributed by atoms with Crippen LogP contribution in [0.3, 0.4) is 0 Å². The van der Waals surface area contributed by atoms with E-state index < -0.39 is 0 Å². The van der Waals surface area contributed by atoms with Crippen LogP contribution < -0.4 is 0 Å². The van der Waals surface area contributed by atoms with Gasteiger partial charge in [0.15, 0.2) is 5.65 Å². The van der Waals surface area contributed by atoms with Crippen molar-refractivity contribution in [1.82, 2.24) is 19.9 Å². The fourth-order valence-electron chi connectivity index (χ4n) is 1.68. The molecule has 1 aromatic carbocycles. The average Bonchev–Trinajstić information content (AvgIpc) is 2.80. The first-order valence-corrected chi connectivity index (χ1v) is 6.24. The Labute approximate surface area is 122 Å². The normalized spacial score (nSPS) is 11.1. The van der Waals surface area contributed by atoms with E-state index in [9.17, 15) is 5.11 Å². The van der Waals surface area contributed by atoms with Crippen molar-refractivity contribution in [2.45, 2.75) is 0 Å². The lowest BCUT2D eigenvalue weighted by molar-refractivity contribution is 0.477. The van der Waals surface area contributed by atoms with Crippen molar-refractivity contribution in [3.8, 4) is 17.1 Å². The Bertz CT molecular complexity index is 728. The summed E-state index contributed by atoms with van der Waals surface area (Å²) in [5.41, 5.74) is 1.30. The molecule has 0 aliphatic rings. The molecular formula is C11H5Cl3N4O. The van der Waals surface area contributed by atoms with Gasteiger partial charge < -0.3 is 10.1 Å². The van der Waals surface area contributed by atoms with Gasteiger partial charge in [-0.2, -0.15) is 0 Å². The van der Waals surface area contributed by atoms with E-state index in [1.165, 1.54) is 12.4 Å². The second kappa shape index (κ2) is 4.52. The van der Waals surface area contributed by atoms with Gasteiger partial charge in [0.1, 0.15) is 23.4 Å². The molecule has 0 saturated carbocycles. The summed E-state index contributed by atoms with van der Waals surface area (Å²) in [6.07, 6.45) is 2.94. The Hall–Kier alpha value is -1.56. The van der Waals surface area contributed by atoms with E-state index in [0.29, 0.717) is 17.0 Å². The van der Waals surface area contributed by atoms with E-state index in [0.717, 1.165) is 0 Å². The number of benzene rings is 1. The number of H-pyrrole nitrogens is 1. The summed E-state index contributed by atoms with van der Waals surface area (Å²) < 4.78 is 0. The van der Waals surface area contributed by atoms with Crippen LogP contribution in [0.2, 0.25) is 15.1 Å². The van der Waals surface area contributed by atoms with Gasteiger partial charge in [0.2, 0.25) is 0 Å². The third-order valence-corrected chi connectivity index (χ3v) is 3.62. The van der Waals surface area contributed by atoms with Crippen molar-refractivity contribution < 1.29 is 5.11 Å². The Morgan fingerprint density at radius 1 is 1.16 bits per heavy atom. The van der Waals surface area contributed by atoms with Gasteiger partial charge in [-0.25, -0.2) is 15.0 Å². The zero-order valence-corrected chi connectivity index (χ0v) is 11.4. The summed E-state index contributed by atoms with van der Waals surface area (Å²) in [7, 11) is 0. The van der Waals surface area contributed by atoms with Crippen LogP contribution in [0.25, 0.3) is 22.6 Å². The molecule has 2 heterocycles. The lowest BCUT2D eigenvalue weighted by Gasteiger charge is -2.07. The van der Waals surface area contributed by atoms with Gasteiger partial charge in [-0.15, -0.1) is 0 Å². The minimum atomic E-state index is -0.192. The summed E-state index contributed by atoms with van der Waals surface area (Å²) in [5.74, 6) is 0.130. The number of imidazole rings is 1. The molecule has 0 unspecified atom stereocenters. The molecule has 0 amide bonds. The van der Waals surface area contributed by atoms with E-state index in [4.69, 9.17) is 34.8 Å². The number of halogens is 3. The fourth-order valence-corrected chi connectivity index (χ4v) is 2.38. The van der Waals surface area contributed by atoms with Crippen LogP contribution in [0.4, 0.5) is 0 Å². The number of nitrogens with zero attached hydrogens (tertiary/aromatic N) is 3. The molecular weight excluding hydrogens is 311 g/mol. The summed E-state index contributed by atoms with van der Waals surface area (Å²) in [4.78, 5) is 15.0. The monoisotopic (exact) mass is 314 g/mol. The van der Waals surface area contributed by atoms with Crippen molar-refractivity contribution in [3.05, 3.63) is 33.7 Å². The quantitative estimate of drug-likeness (QED) is 0.672. The Kier molecular flexibility index (Phi) is 2.97. The molecule has 2 N–H and O–H groups in total. The van der Waals surface area contributed by atoms with Crippen LogP contribution >= 0.6 is 34.8 Å². The molecule has 0 fully saturated rings. The third kappa shape index (κ3) is 2.00. The van der Waals surface area contributed by atoms with Gasteiger partial charge >= 0.3 is 0 Å². The first-order valence-electron chi connectivity index (χ1n) is 5.10. The molecule has 19 heavy (non-hydrogen) atoms. The maximum absolute atomic E-state index is 10.0. The van der Waals surface area contributed by atoms with Crippen LogP contribution in [0.1, 0.15) is 0 Å². The van der Waals surface area contributed by atoms with Crippen LogP contribution in [0.5, 0.6) is 5.75 Å². The topological polar surface area (TPSA) is 74.7 Å². The van der Waals surface area contributed by atoms with E-state index in [2.05, 4.69) is 19.9 Å². The SMILES string of the molecule is Oc1c(Cl)cc(Cl)c(Cl)c1-c1nc2ncncc2[nH]1. The first kappa shape index (κ1) is 12.5.